The molecule has 2 rings (SSSR count). The average molecular weight is 256 g/mol. The lowest BCUT2D eigenvalue weighted by Crippen LogP contribution is -1.89. The molecular weight excluding hydrogens is 236 g/mol. The summed E-state index contributed by atoms with van der Waals surface area (Å²) in [6.07, 6.45) is 5.04. The van der Waals surface area contributed by atoms with Crippen molar-refractivity contribution in [2.24, 2.45) is 0 Å². The van der Waals surface area contributed by atoms with E-state index in [2.05, 4.69) is 0 Å². The molecule has 0 bridgehead atoms. The second-order valence-electron chi connectivity index (χ2n) is 4.82. The van der Waals surface area contributed by atoms with Crippen molar-refractivity contribution in [1.29, 1.82) is 0 Å². The van der Waals surface area contributed by atoms with Gasteiger partial charge in [0.1, 0.15) is 11.5 Å². The molecule has 0 unspecified atom stereocenters. The number of aryl methyl sites for hydroxylation is 2. The number of phenols is 2. The molecule has 0 spiro atoms. The molecule has 0 aliphatic carbocycles. The molecule has 19 heavy (non-hydrogen) atoms. The highest BCUT2D eigenvalue weighted by Crippen LogP contribution is 2.20. The summed E-state index contributed by atoms with van der Waals surface area (Å²) < 4.78 is 0. The molecule has 0 heterocycles. The summed E-state index contributed by atoms with van der Waals surface area (Å²) in [4.78, 5) is 0. The van der Waals surface area contributed by atoms with E-state index in [9.17, 15) is 10.2 Å². The number of unbranched alkanes of at least 4 members (excludes halogenated alkanes) is 2. The molecule has 2 nitrogen and oxygen atoms in total. The monoisotopic (exact) mass is 256 g/mol. The van der Waals surface area contributed by atoms with E-state index >= 15 is 0 Å². The highest BCUT2D eigenvalue weighted by Gasteiger charge is 2.01. The molecule has 0 amide bonds. The van der Waals surface area contributed by atoms with E-state index in [1.54, 1.807) is 12.1 Å². The van der Waals surface area contributed by atoms with Crippen LogP contribution in [0.2, 0.25) is 0 Å². The molecule has 0 saturated carbocycles. The molecule has 0 aliphatic rings. The van der Waals surface area contributed by atoms with Crippen LogP contribution in [0.1, 0.15) is 30.4 Å². The van der Waals surface area contributed by atoms with Gasteiger partial charge in [-0.3, -0.25) is 0 Å². The SMILES string of the molecule is Oc1ccccc1CCCCCc1ccccc1O. The molecule has 2 aromatic rings. The second kappa shape index (κ2) is 6.83. The molecule has 2 N–H and O–H groups in total. The molecule has 0 saturated heterocycles. The topological polar surface area (TPSA) is 40.5 Å². The highest BCUT2D eigenvalue weighted by molar-refractivity contribution is 5.32. The van der Waals surface area contributed by atoms with Gasteiger partial charge in [-0.1, -0.05) is 42.8 Å². The minimum Gasteiger partial charge on any atom is -0.508 e. The van der Waals surface area contributed by atoms with Crippen LogP contribution in [-0.4, -0.2) is 10.2 Å². The third-order valence-electron chi connectivity index (χ3n) is 3.38. The van der Waals surface area contributed by atoms with Crippen molar-refractivity contribution in [1.82, 2.24) is 0 Å². The first-order valence-corrected chi connectivity index (χ1v) is 6.81. The zero-order valence-electron chi connectivity index (χ0n) is 11.0. The fourth-order valence-corrected chi connectivity index (χ4v) is 2.25. The number of benzene rings is 2. The van der Waals surface area contributed by atoms with Crippen LogP contribution in [0.4, 0.5) is 0 Å². The fraction of sp³-hybridized carbons (Fsp3) is 0.294. The average Bonchev–Trinajstić information content (AvgIpc) is 2.42. The Hall–Kier alpha value is -1.96. The third-order valence-corrected chi connectivity index (χ3v) is 3.38. The molecule has 0 atom stereocenters. The zero-order chi connectivity index (χ0) is 13.5. The Morgan fingerprint density at radius 1 is 0.579 bits per heavy atom. The first kappa shape index (κ1) is 13.5. The van der Waals surface area contributed by atoms with Crippen LogP contribution in [0.15, 0.2) is 48.5 Å². The van der Waals surface area contributed by atoms with Crippen molar-refractivity contribution in [3.63, 3.8) is 0 Å². The van der Waals surface area contributed by atoms with E-state index in [1.165, 1.54) is 0 Å². The lowest BCUT2D eigenvalue weighted by Gasteiger charge is -2.05. The summed E-state index contributed by atoms with van der Waals surface area (Å²) in [6.45, 7) is 0. The maximum Gasteiger partial charge on any atom is 0.118 e. The van der Waals surface area contributed by atoms with Crippen LogP contribution >= 0.6 is 0 Å². The van der Waals surface area contributed by atoms with Crippen LogP contribution in [0.3, 0.4) is 0 Å². The minimum atomic E-state index is 0.392. The zero-order valence-corrected chi connectivity index (χ0v) is 11.0. The van der Waals surface area contributed by atoms with Crippen molar-refractivity contribution >= 4 is 0 Å². The van der Waals surface area contributed by atoms with Gasteiger partial charge in [-0.05, 0) is 48.9 Å². The predicted molar refractivity (Wildman–Crippen MR) is 77.5 cm³/mol. The largest absolute Gasteiger partial charge is 0.508 e. The number of rotatable bonds is 6. The van der Waals surface area contributed by atoms with Gasteiger partial charge in [0.05, 0.1) is 0 Å². The van der Waals surface area contributed by atoms with E-state index in [4.69, 9.17) is 0 Å². The first-order chi connectivity index (χ1) is 9.27. The number of para-hydroxylation sites is 2. The van der Waals surface area contributed by atoms with Gasteiger partial charge in [-0.2, -0.15) is 0 Å². The Morgan fingerprint density at radius 3 is 1.42 bits per heavy atom. The van der Waals surface area contributed by atoms with Gasteiger partial charge in [0.15, 0.2) is 0 Å². The summed E-state index contributed by atoms with van der Waals surface area (Å²) >= 11 is 0. The quantitative estimate of drug-likeness (QED) is 0.765. The Balaban J connectivity index is 1.71. The van der Waals surface area contributed by atoms with Gasteiger partial charge in [-0.25, -0.2) is 0 Å². The summed E-state index contributed by atoms with van der Waals surface area (Å²) in [5.41, 5.74) is 2.04. The Bertz CT molecular complexity index is 473. The maximum atomic E-state index is 9.65. The third kappa shape index (κ3) is 4.02. The molecule has 0 fully saturated rings. The molecular formula is C17H20O2. The summed E-state index contributed by atoms with van der Waals surface area (Å²) in [6, 6.07) is 15.0. The van der Waals surface area contributed by atoms with Crippen LogP contribution in [0, 0.1) is 0 Å². The van der Waals surface area contributed by atoms with E-state index in [0.717, 1.165) is 43.2 Å². The normalized spacial score (nSPS) is 10.5. The van der Waals surface area contributed by atoms with Crippen molar-refractivity contribution in [2.75, 3.05) is 0 Å². The molecule has 100 valence electrons. The Morgan fingerprint density at radius 2 is 1.00 bits per heavy atom. The summed E-state index contributed by atoms with van der Waals surface area (Å²) in [5, 5.41) is 19.3. The number of aromatic hydroxyl groups is 2. The van der Waals surface area contributed by atoms with Gasteiger partial charge in [0.2, 0.25) is 0 Å². The summed E-state index contributed by atoms with van der Waals surface area (Å²) in [7, 11) is 0. The van der Waals surface area contributed by atoms with Gasteiger partial charge in [0, 0.05) is 0 Å². The van der Waals surface area contributed by atoms with E-state index in [-0.39, 0.29) is 0 Å². The van der Waals surface area contributed by atoms with Crippen LogP contribution in [0.25, 0.3) is 0 Å². The van der Waals surface area contributed by atoms with E-state index in [1.807, 2.05) is 36.4 Å². The smallest absolute Gasteiger partial charge is 0.118 e. The molecule has 2 aromatic carbocycles. The molecule has 2 heteroatoms. The number of hydrogen-bond acceptors (Lipinski definition) is 2. The van der Waals surface area contributed by atoms with Crippen molar-refractivity contribution < 1.29 is 10.2 Å². The van der Waals surface area contributed by atoms with Gasteiger partial charge >= 0.3 is 0 Å². The molecule has 0 radical (unpaired) electrons. The lowest BCUT2D eigenvalue weighted by atomic mass is 10.0. The lowest BCUT2D eigenvalue weighted by molar-refractivity contribution is 0.464. The Labute approximate surface area is 114 Å². The van der Waals surface area contributed by atoms with Crippen LogP contribution in [-0.2, 0) is 12.8 Å². The molecule has 0 aromatic heterocycles. The second-order valence-corrected chi connectivity index (χ2v) is 4.82. The van der Waals surface area contributed by atoms with Gasteiger partial charge in [0.25, 0.3) is 0 Å². The van der Waals surface area contributed by atoms with Crippen LogP contribution < -0.4 is 0 Å². The number of hydrogen-bond donors (Lipinski definition) is 2. The summed E-state index contributed by atoms with van der Waals surface area (Å²) in [5.74, 6) is 0.784. The molecule has 0 aliphatic heterocycles. The fourth-order valence-electron chi connectivity index (χ4n) is 2.25. The van der Waals surface area contributed by atoms with Gasteiger partial charge < -0.3 is 10.2 Å². The van der Waals surface area contributed by atoms with E-state index < -0.39 is 0 Å². The van der Waals surface area contributed by atoms with Crippen molar-refractivity contribution in [2.45, 2.75) is 32.1 Å². The van der Waals surface area contributed by atoms with E-state index in [0.29, 0.717) is 11.5 Å². The van der Waals surface area contributed by atoms with Crippen molar-refractivity contribution in [3.8, 4) is 11.5 Å². The first-order valence-electron chi connectivity index (χ1n) is 6.81. The maximum absolute atomic E-state index is 9.65. The standard InChI is InChI=1S/C17H20O2/c18-16-12-6-4-10-14(16)8-2-1-3-9-15-11-5-7-13-17(15)19/h4-7,10-13,18-19H,1-3,8-9H2. The number of phenolic OH excluding ortho intramolecular Hbond substituents is 2. The minimum absolute atomic E-state index is 0.392. The van der Waals surface area contributed by atoms with Crippen LogP contribution in [0.5, 0.6) is 11.5 Å². The Kier molecular flexibility index (Phi) is 4.85. The highest BCUT2D eigenvalue weighted by atomic mass is 16.3. The predicted octanol–water partition coefficient (Wildman–Crippen LogP) is 4.05. The van der Waals surface area contributed by atoms with Gasteiger partial charge in [-0.15, -0.1) is 0 Å². The van der Waals surface area contributed by atoms with Crippen molar-refractivity contribution in [3.05, 3.63) is 59.7 Å².